The Morgan fingerprint density at radius 1 is 0.889 bits per heavy atom. The lowest BCUT2D eigenvalue weighted by molar-refractivity contribution is -0.122. The van der Waals surface area contributed by atoms with Crippen LogP contribution in [0.5, 0.6) is 0 Å². The molecule has 1 unspecified atom stereocenters. The van der Waals surface area contributed by atoms with E-state index in [1.54, 1.807) is 6.92 Å². The Morgan fingerprint density at radius 2 is 1.28 bits per heavy atom. The third kappa shape index (κ3) is 9.46. The van der Waals surface area contributed by atoms with Crippen LogP contribution in [0.3, 0.4) is 0 Å². The van der Waals surface area contributed by atoms with Crippen LogP contribution in [0.25, 0.3) is 0 Å². The van der Waals surface area contributed by atoms with Crippen molar-refractivity contribution in [3.63, 3.8) is 0 Å². The maximum absolute atomic E-state index is 11.0. The van der Waals surface area contributed by atoms with E-state index in [0.717, 1.165) is 12.8 Å². The molecule has 0 heterocycles. The molecule has 0 aliphatic carbocycles. The van der Waals surface area contributed by atoms with Gasteiger partial charge in [-0.3, -0.25) is 4.79 Å². The van der Waals surface area contributed by atoms with E-state index < -0.39 is 11.4 Å². The number of primary amides is 1. The normalized spacial score (nSPS) is 14.4. The van der Waals surface area contributed by atoms with Gasteiger partial charge in [-0.2, -0.15) is 0 Å². The molecule has 3 heteroatoms. The molecule has 0 saturated carbocycles. The first kappa shape index (κ1) is 17.4. The number of hydrogen-bond acceptors (Lipinski definition) is 2. The molecule has 0 aromatic rings. The van der Waals surface area contributed by atoms with E-state index in [1.807, 2.05) is 0 Å². The van der Waals surface area contributed by atoms with Gasteiger partial charge in [0.05, 0.1) is 5.54 Å². The first-order valence-corrected chi connectivity index (χ1v) is 7.59. The fraction of sp³-hybridized carbons (Fsp3) is 0.933. The number of carbonyl (C=O) groups excluding carboxylic acids is 1. The number of unbranched alkanes of at least 4 members (excludes halogenated alkanes) is 9. The maximum atomic E-state index is 11.0. The molecule has 0 bridgehead atoms. The van der Waals surface area contributed by atoms with Crippen LogP contribution in [0.1, 0.15) is 84.5 Å². The van der Waals surface area contributed by atoms with Crippen molar-refractivity contribution in [3.05, 3.63) is 0 Å². The zero-order valence-corrected chi connectivity index (χ0v) is 12.3. The van der Waals surface area contributed by atoms with Crippen molar-refractivity contribution in [2.24, 2.45) is 11.5 Å². The largest absolute Gasteiger partial charge is 0.368 e. The fourth-order valence-electron chi connectivity index (χ4n) is 2.10. The molecule has 0 aliphatic heterocycles. The number of rotatable bonds is 12. The van der Waals surface area contributed by atoms with Gasteiger partial charge >= 0.3 is 0 Å². The molecule has 108 valence electrons. The predicted octanol–water partition coefficient (Wildman–Crippen LogP) is 3.50. The zero-order valence-electron chi connectivity index (χ0n) is 12.3. The van der Waals surface area contributed by atoms with Crippen molar-refractivity contribution in [1.82, 2.24) is 0 Å². The van der Waals surface area contributed by atoms with Crippen LogP contribution >= 0.6 is 0 Å². The topological polar surface area (TPSA) is 69.1 Å². The minimum atomic E-state index is -0.819. The minimum Gasteiger partial charge on any atom is -0.368 e. The van der Waals surface area contributed by atoms with Gasteiger partial charge in [-0.05, 0) is 13.3 Å². The summed E-state index contributed by atoms with van der Waals surface area (Å²) >= 11 is 0. The highest BCUT2D eigenvalue weighted by Gasteiger charge is 2.24. The molecule has 0 fully saturated rings. The van der Waals surface area contributed by atoms with Gasteiger partial charge in [0, 0.05) is 0 Å². The van der Waals surface area contributed by atoms with E-state index >= 15 is 0 Å². The quantitative estimate of drug-likeness (QED) is 0.525. The summed E-state index contributed by atoms with van der Waals surface area (Å²) in [6.45, 7) is 3.97. The lowest BCUT2D eigenvalue weighted by Gasteiger charge is -2.19. The van der Waals surface area contributed by atoms with E-state index in [9.17, 15) is 4.79 Å². The van der Waals surface area contributed by atoms with E-state index in [-0.39, 0.29) is 0 Å². The monoisotopic (exact) mass is 256 g/mol. The van der Waals surface area contributed by atoms with Gasteiger partial charge in [-0.15, -0.1) is 0 Å². The Labute approximate surface area is 113 Å². The summed E-state index contributed by atoms with van der Waals surface area (Å²) in [5.41, 5.74) is 10.2. The Bertz CT molecular complexity index is 215. The van der Waals surface area contributed by atoms with Crippen LogP contribution in [0.15, 0.2) is 0 Å². The van der Waals surface area contributed by atoms with E-state index in [4.69, 9.17) is 11.5 Å². The number of carbonyl (C=O) groups is 1. The molecule has 0 aliphatic rings. The summed E-state index contributed by atoms with van der Waals surface area (Å²) in [7, 11) is 0. The molecule has 1 amide bonds. The summed E-state index contributed by atoms with van der Waals surface area (Å²) in [5.74, 6) is -0.390. The smallest absolute Gasteiger partial charge is 0.237 e. The van der Waals surface area contributed by atoms with Crippen LogP contribution in [-0.4, -0.2) is 11.4 Å². The molecule has 3 nitrogen and oxygen atoms in total. The van der Waals surface area contributed by atoms with Crippen molar-refractivity contribution in [2.45, 2.75) is 90.0 Å². The molecule has 1 atom stereocenters. The molecular weight excluding hydrogens is 224 g/mol. The molecule has 0 spiro atoms. The Balaban J connectivity index is 3.24. The first-order chi connectivity index (χ1) is 8.50. The standard InChI is InChI=1S/C15H32N2O/c1-3-4-5-6-7-8-9-10-11-12-13-15(2,17)14(16)18/h3-13,17H2,1-2H3,(H2,16,18). The molecule has 0 aromatic carbocycles. The zero-order chi connectivity index (χ0) is 13.9. The van der Waals surface area contributed by atoms with Gasteiger partial charge < -0.3 is 11.5 Å². The van der Waals surface area contributed by atoms with Crippen molar-refractivity contribution in [1.29, 1.82) is 0 Å². The second-order valence-electron chi connectivity index (χ2n) is 5.71. The predicted molar refractivity (Wildman–Crippen MR) is 78.2 cm³/mol. The molecule has 0 aromatic heterocycles. The van der Waals surface area contributed by atoms with Crippen molar-refractivity contribution >= 4 is 5.91 Å². The minimum absolute atomic E-state index is 0.390. The van der Waals surface area contributed by atoms with Gasteiger partial charge in [0.1, 0.15) is 0 Å². The highest BCUT2D eigenvalue weighted by molar-refractivity contribution is 5.83. The van der Waals surface area contributed by atoms with Gasteiger partial charge in [0.15, 0.2) is 0 Å². The first-order valence-electron chi connectivity index (χ1n) is 7.59. The van der Waals surface area contributed by atoms with Gasteiger partial charge in [-0.25, -0.2) is 0 Å². The maximum Gasteiger partial charge on any atom is 0.237 e. The van der Waals surface area contributed by atoms with Gasteiger partial charge in [-0.1, -0.05) is 71.1 Å². The van der Waals surface area contributed by atoms with E-state index in [2.05, 4.69) is 6.92 Å². The van der Waals surface area contributed by atoms with E-state index in [1.165, 1.54) is 51.4 Å². The molecule has 0 rings (SSSR count). The van der Waals surface area contributed by atoms with Crippen LogP contribution in [0.4, 0.5) is 0 Å². The molecule has 0 saturated heterocycles. The van der Waals surface area contributed by atoms with Crippen LogP contribution in [-0.2, 0) is 4.79 Å². The van der Waals surface area contributed by atoms with Crippen LogP contribution in [0.2, 0.25) is 0 Å². The average molecular weight is 256 g/mol. The molecule has 4 N–H and O–H groups in total. The third-order valence-electron chi connectivity index (χ3n) is 3.61. The van der Waals surface area contributed by atoms with Crippen molar-refractivity contribution in [3.8, 4) is 0 Å². The number of nitrogens with two attached hydrogens (primary N) is 2. The third-order valence-corrected chi connectivity index (χ3v) is 3.61. The van der Waals surface area contributed by atoms with Crippen molar-refractivity contribution in [2.75, 3.05) is 0 Å². The Hall–Kier alpha value is -0.570. The Morgan fingerprint density at radius 3 is 1.67 bits per heavy atom. The van der Waals surface area contributed by atoms with Gasteiger partial charge in [0.2, 0.25) is 5.91 Å². The summed E-state index contributed by atoms with van der Waals surface area (Å²) in [5, 5.41) is 0. The summed E-state index contributed by atoms with van der Waals surface area (Å²) < 4.78 is 0. The number of hydrogen-bond donors (Lipinski definition) is 2. The molecule has 0 radical (unpaired) electrons. The average Bonchev–Trinajstić information content (AvgIpc) is 2.31. The summed E-state index contributed by atoms with van der Waals surface area (Å²) in [6, 6.07) is 0. The SMILES string of the molecule is CCCCCCCCCCCCC(C)(N)C(N)=O. The second-order valence-corrected chi connectivity index (χ2v) is 5.71. The molecule has 18 heavy (non-hydrogen) atoms. The van der Waals surface area contributed by atoms with Gasteiger partial charge in [0.25, 0.3) is 0 Å². The highest BCUT2D eigenvalue weighted by atomic mass is 16.1. The Kier molecular flexibility index (Phi) is 10.0. The highest BCUT2D eigenvalue weighted by Crippen LogP contribution is 2.14. The van der Waals surface area contributed by atoms with E-state index in [0.29, 0.717) is 6.42 Å². The second kappa shape index (κ2) is 10.4. The van der Waals surface area contributed by atoms with Crippen LogP contribution in [0, 0.1) is 0 Å². The summed E-state index contributed by atoms with van der Waals surface area (Å²) in [6.07, 6.45) is 13.6. The van der Waals surface area contributed by atoms with Crippen LogP contribution < -0.4 is 11.5 Å². The van der Waals surface area contributed by atoms with Crippen molar-refractivity contribution < 1.29 is 4.79 Å². The number of amides is 1. The lowest BCUT2D eigenvalue weighted by Crippen LogP contribution is -2.49. The fourth-order valence-corrected chi connectivity index (χ4v) is 2.10. The lowest BCUT2D eigenvalue weighted by atomic mass is 9.94. The molecular formula is C15H32N2O. The summed E-state index contributed by atoms with van der Waals surface area (Å²) in [4.78, 5) is 11.0.